The molecule has 5 rings (SSSR count). The Balaban J connectivity index is 1.41. The first-order chi connectivity index (χ1) is 17.3. The van der Waals surface area contributed by atoms with Crippen molar-refractivity contribution in [1.29, 1.82) is 0 Å². The van der Waals surface area contributed by atoms with E-state index in [1.54, 1.807) is 6.07 Å². The molecular weight excluding hydrogens is 462 g/mol. The van der Waals surface area contributed by atoms with Crippen molar-refractivity contribution in [3.63, 3.8) is 0 Å². The normalized spacial score (nSPS) is 15.5. The van der Waals surface area contributed by atoms with Gasteiger partial charge in [-0.3, -0.25) is 0 Å². The Morgan fingerprint density at radius 2 is 1.78 bits per heavy atom. The van der Waals surface area contributed by atoms with Crippen molar-refractivity contribution >= 4 is 22.8 Å². The van der Waals surface area contributed by atoms with Gasteiger partial charge in [-0.15, -0.1) is 0 Å². The molecule has 4 heterocycles. The number of fused-ring (bicyclic) bond motifs is 1. The Hall–Kier alpha value is -3.46. The summed E-state index contributed by atoms with van der Waals surface area (Å²) in [4.78, 5) is 17.3. The van der Waals surface area contributed by atoms with Crippen LogP contribution in [0.1, 0.15) is 57.0 Å². The number of ether oxygens (including phenoxy) is 1. The molecule has 1 N–H and O–H groups in total. The second-order valence-electron chi connectivity index (χ2n) is 9.68. The van der Waals surface area contributed by atoms with Crippen LogP contribution in [0, 0.1) is 24.5 Å². The molecule has 0 amide bonds. The molecule has 1 fully saturated rings. The van der Waals surface area contributed by atoms with Gasteiger partial charge in [0.25, 0.3) is 0 Å². The van der Waals surface area contributed by atoms with Gasteiger partial charge in [-0.25, -0.2) is 28.7 Å². The van der Waals surface area contributed by atoms with E-state index in [2.05, 4.69) is 32.2 Å². The maximum absolute atomic E-state index is 14.9. The van der Waals surface area contributed by atoms with Crippen molar-refractivity contribution < 1.29 is 13.5 Å². The Labute approximate surface area is 209 Å². The van der Waals surface area contributed by atoms with Crippen LogP contribution in [-0.2, 0) is 4.74 Å². The number of hydrogen-bond donors (Lipinski definition) is 1. The first-order valence-corrected chi connectivity index (χ1v) is 12.3. The smallest absolute Gasteiger partial charge is 0.229 e. The predicted molar refractivity (Wildman–Crippen MR) is 135 cm³/mol. The fourth-order valence-electron chi connectivity index (χ4n) is 5.04. The summed E-state index contributed by atoms with van der Waals surface area (Å²) < 4.78 is 37.1. The van der Waals surface area contributed by atoms with Gasteiger partial charge < -0.3 is 14.6 Å². The van der Waals surface area contributed by atoms with Gasteiger partial charge in [0.05, 0.1) is 11.7 Å². The van der Waals surface area contributed by atoms with Gasteiger partial charge in [0, 0.05) is 31.0 Å². The number of benzene rings is 1. The largest absolute Gasteiger partial charge is 0.381 e. The summed E-state index contributed by atoms with van der Waals surface area (Å²) in [5.41, 5.74) is 2.34. The molecule has 7 nitrogen and oxygen atoms in total. The van der Waals surface area contributed by atoms with Crippen LogP contribution < -0.4 is 5.32 Å². The predicted octanol–water partition coefficient (Wildman–Crippen LogP) is 6.33. The van der Waals surface area contributed by atoms with Crippen LogP contribution >= 0.6 is 0 Å². The lowest BCUT2D eigenvalue weighted by atomic mass is 9.83. The third-order valence-corrected chi connectivity index (χ3v) is 6.98. The molecule has 0 spiro atoms. The monoisotopic (exact) mass is 492 g/mol. The average Bonchev–Trinajstić information content (AvgIpc) is 3.22. The summed E-state index contributed by atoms with van der Waals surface area (Å²) in [5, 5.41) is 3.04. The van der Waals surface area contributed by atoms with Gasteiger partial charge in [-0.2, -0.15) is 0 Å². The summed E-state index contributed by atoms with van der Waals surface area (Å²) in [6.45, 7) is 9.65. The van der Waals surface area contributed by atoms with Crippen molar-refractivity contribution in [1.82, 2.24) is 24.5 Å². The van der Waals surface area contributed by atoms with E-state index in [4.69, 9.17) is 4.74 Å². The number of halogens is 2. The van der Waals surface area contributed by atoms with Crippen LogP contribution in [0.4, 0.5) is 20.5 Å². The molecule has 1 saturated heterocycles. The molecule has 0 radical (unpaired) electrons. The first kappa shape index (κ1) is 24.2. The van der Waals surface area contributed by atoms with Crippen molar-refractivity contribution in [2.75, 3.05) is 18.5 Å². The number of nitrogens with one attached hydrogen (secondary N) is 1. The van der Waals surface area contributed by atoms with Crippen molar-refractivity contribution in [2.45, 2.75) is 52.5 Å². The fourth-order valence-corrected chi connectivity index (χ4v) is 5.04. The van der Waals surface area contributed by atoms with Gasteiger partial charge >= 0.3 is 0 Å². The zero-order chi connectivity index (χ0) is 25.4. The topological polar surface area (TPSA) is 77.8 Å². The Bertz CT molecular complexity index is 1380. The zero-order valence-electron chi connectivity index (χ0n) is 20.9. The average molecular weight is 493 g/mol. The van der Waals surface area contributed by atoms with Crippen LogP contribution in [0.2, 0.25) is 0 Å². The van der Waals surface area contributed by atoms with E-state index in [0.29, 0.717) is 34.6 Å². The second-order valence-corrected chi connectivity index (χ2v) is 9.68. The molecule has 0 aliphatic carbocycles. The summed E-state index contributed by atoms with van der Waals surface area (Å²) in [6.07, 6.45) is 5.04. The van der Waals surface area contributed by atoms with Crippen LogP contribution in [-0.4, -0.2) is 37.7 Å². The number of aromatic nitrogens is 5. The molecule has 36 heavy (non-hydrogen) atoms. The van der Waals surface area contributed by atoms with Crippen molar-refractivity contribution in [3.8, 4) is 11.3 Å². The number of anilines is 2. The number of imidazole rings is 1. The highest BCUT2D eigenvalue weighted by atomic mass is 19.1. The molecule has 1 atom stereocenters. The lowest BCUT2D eigenvalue weighted by molar-refractivity contribution is 0.0596. The second kappa shape index (κ2) is 9.89. The van der Waals surface area contributed by atoms with Crippen molar-refractivity contribution in [2.24, 2.45) is 5.92 Å². The lowest BCUT2D eigenvalue weighted by Gasteiger charge is -2.27. The van der Waals surface area contributed by atoms with Crippen LogP contribution in [0.5, 0.6) is 0 Å². The minimum absolute atomic E-state index is 0.00668. The quantitative estimate of drug-likeness (QED) is 0.339. The molecule has 1 unspecified atom stereocenters. The maximum Gasteiger partial charge on any atom is 0.229 e. The number of rotatable bonds is 6. The molecule has 4 aromatic rings. The summed E-state index contributed by atoms with van der Waals surface area (Å²) in [5.74, 6) is 1.23. The number of aryl methyl sites for hydroxylation is 1. The first-order valence-electron chi connectivity index (χ1n) is 12.3. The third-order valence-electron chi connectivity index (χ3n) is 6.98. The maximum atomic E-state index is 14.9. The Kier molecular flexibility index (Phi) is 6.66. The van der Waals surface area contributed by atoms with E-state index in [-0.39, 0.29) is 23.2 Å². The Morgan fingerprint density at radius 3 is 2.47 bits per heavy atom. The van der Waals surface area contributed by atoms with Gasteiger partial charge in [0.15, 0.2) is 11.6 Å². The van der Waals surface area contributed by atoms with Gasteiger partial charge in [0.1, 0.15) is 22.9 Å². The highest BCUT2D eigenvalue weighted by Gasteiger charge is 2.22. The van der Waals surface area contributed by atoms with E-state index >= 15 is 0 Å². The van der Waals surface area contributed by atoms with E-state index in [9.17, 15) is 8.78 Å². The van der Waals surface area contributed by atoms with E-state index in [1.165, 1.54) is 6.07 Å². The van der Waals surface area contributed by atoms with Gasteiger partial charge in [-0.05, 0) is 69.2 Å². The third kappa shape index (κ3) is 4.67. The van der Waals surface area contributed by atoms with Crippen LogP contribution in [0.3, 0.4) is 0 Å². The number of nitrogens with zero attached hydrogens (tertiary/aromatic N) is 5. The molecule has 188 valence electrons. The highest BCUT2D eigenvalue weighted by molar-refractivity contribution is 5.83. The summed E-state index contributed by atoms with van der Waals surface area (Å²) in [6, 6.07) is 6.96. The Morgan fingerprint density at radius 1 is 1.00 bits per heavy atom. The van der Waals surface area contributed by atoms with Crippen molar-refractivity contribution in [3.05, 3.63) is 59.7 Å². The molecule has 1 aliphatic heterocycles. The molecule has 3 aromatic heterocycles. The standard InChI is InChI=1S/C27H30F2N6O/c1-15(2)35-17(4)32-26-21(28)11-20(12-23(26)35)25-22(29)14-31-27(34-25)33-24-6-5-19(13-30-24)16(3)18-7-9-36-10-8-18/h5-6,11-16,18H,7-10H2,1-4H3,(H,30,31,33,34). The molecule has 0 bridgehead atoms. The lowest BCUT2D eigenvalue weighted by Crippen LogP contribution is -2.20. The van der Waals surface area contributed by atoms with Crippen LogP contribution in [0.25, 0.3) is 22.3 Å². The van der Waals surface area contributed by atoms with Crippen LogP contribution in [0.15, 0.2) is 36.7 Å². The SMILES string of the molecule is Cc1nc2c(F)cc(-c3nc(Nc4ccc(C(C)C5CCOCC5)cn4)ncc3F)cc2n1C(C)C. The van der Waals surface area contributed by atoms with E-state index in [1.807, 2.05) is 43.7 Å². The minimum atomic E-state index is -0.639. The fraction of sp³-hybridized carbons (Fsp3) is 0.407. The molecule has 9 heteroatoms. The summed E-state index contributed by atoms with van der Waals surface area (Å²) >= 11 is 0. The van der Waals surface area contributed by atoms with E-state index in [0.717, 1.165) is 37.8 Å². The molecular formula is C27H30F2N6O. The van der Waals surface area contributed by atoms with Gasteiger partial charge in [-0.1, -0.05) is 13.0 Å². The minimum Gasteiger partial charge on any atom is -0.381 e. The van der Waals surface area contributed by atoms with E-state index < -0.39 is 11.6 Å². The zero-order valence-corrected chi connectivity index (χ0v) is 20.9. The highest BCUT2D eigenvalue weighted by Crippen LogP contribution is 2.32. The molecule has 1 aromatic carbocycles. The number of hydrogen-bond acceptors (Lipinski definition) is 6. The number of pyridine rings is 1. The summed E-state index contributed by atoms with van der Waals surface area (Å²) in [7, 11) is 0. The van der Waals surface area contributed by atoms with Gasteiger partial charge in [0.2, 0.25) is 5.95 Å². The molecule has 1 aliphatic rings. The molecule has 0 saturated carbocycles.